The molecule has 0 saturated carbocycles. The number of rotatable bonds is 9. The van der Waals surface area contributed by atoms with Gasteiger partial charge in [-0.2, -0.15) is 0 Å². The van der Waals surface area contributed by atoms with E-state index in [-0.39, 0.29) is 12.4 Å². The minimum Gasteiger partial charge on any atom is -0.497 e. The summed E-state index contributed by atoms with van der Waals surface area (Å²) in [5.41, 5.74) is 3.19. The standard InChI is InChI=1S/C26H25ClFN5O3S/c1-16-4-7-18(27)12-22(16)33-24(31-32-26(33)37-15-17-5-8-19(28)9-6-17)14-29-25(34)30-21-11-10-20(35-2)13-23(21)36-3/h4-13H,14-15H2,1-3H3,(H2,29,30,34). The molecule has 2 amide bonds. The zero-order valence-corrected chi connectivity index (χ0v) is 22.0. The summed E-state index contributed by atoms with van der Waals surface area (Å²) in [4.78, 5) is 12.7. The summed E-state index contributed by atoms with van der Waals surface area (Å²) in [6, 6.07) is 16.5. The smallest absolute Gasteiger partial charge is 0.319 e. The summed E-state index contributed by atoms with van der Waals surface area (Å²) >= 11 is 7.75. The van der Waals surface area contributed by atoms with Crippen molar-refractivity contribution in [1.29, 1.82) is 0 Å². The first kappa shape index (κ1) is 26.3. The van der Waals surface area contributed by atoms with E-state index in [1.807, 2.05) is 29.7 Å². The van der Waals surface area contributed by atoms with Gasteiger partial charge in [-0.1, -0.05) is 41.6 Å². The van der Waals surface area contributed by atoms with Gasteiger partial charge in [0.1, 0.15) is 17.3 Å². The molecule has 0 fully saturated rings. The van der Waals surface area contributed by atoms with Crippen LogP contribution in [-0.4, -0.2) is 35.0 Å². The quantitative estimate of drug-likeness (QED) is 0.253. The van der Waals surface area contributed by atoms with Crippen molar-refractivity contribution < 1.29 is 18.7 Å². The fourth-order valence-electron chi connectivity index (χ4n) is 3.53. The highest BCUT2D eigenvalue weighted by molar-refractivity contribution is 7.98. The largest absolute Gasteiger partial charge is 0.497 e. The fourth-order valence-corrected chi connectivity index (χ4v) is 4.62. The monoisotopic (exact) mass is 541 g/mol. The second-order valence-corrected chi connectivity index (χ2v) is 9.33. The minimum atomic E-state index is -0.443. The summed E-state index contributed by atoms with van der Waals surface area (Å²) < 4.78 is 25.7. The van der Waals surface area contributed by atoms with E-state index in [1.54, 1.807) is 37.4 Å². The molecule has 3 aromatic carbocycles. The van der Waals surface area contributed by atoms with Crippen LogP contribution in [0.5, 0.6) is 11.5 Å². The van der Waals surface area contributed by atoms with Crippen LogP contribution in [0.25, 0.3) is 5.69 Å². The third-order valence-electron chi connectivity index (χ3n) is 5.46. The summed E-state index contributed by atoms with van der Waals surface area (Å²) in [7, 11) is 3.07. The predicted octanol–water partition coefficient (Wildman–Crippen LogP) is 6.00. The molecule has 0 bridgehead atoms. The molecule has 1 aromatic heterocycles. The van der Waals surface area contributed by atoms with Crippen LogP contribution in [-0.2, 0) is 12.3 Å². The van der Waals surface area contributed by atoms with Crippen molar-refractivity contribution in [2.24, 2.45) is 0 Å². The third-order valence-corrected chi connectivity index (χ3v) is 6.69. The van der Waals surface area contributed by atoms with Crippen molar-refractivity contribution >= 4 is 35.1 Å². The van der Waals surface area contributed by atoms with Crippen molar-refractivity contribution in [1.82, 2.24) is 20.1 Å². The lowest BCUT2D eigenvalue weighted by atomic mass is 10.2. The van der Waals surface area contributed by atoms with Gasteiger partial charge >= 0.3 is 6.03 Å². The molecule has 0 unspecified atom stereocenters. The third kappa shape index (κ3) is 6.52. The highest BCUT2D eigenvalue weighted by Crippen LogP contribution is 2.30. The van der Waals surface area contributed by atoms with Gasteiger partial charge in [0.2, 0.25) is 0 Å². The number of ether oxygens (including phenoxy) is 2. The van der Waals surface area contributed by atoms with Crippen LogP contribution >= 0.6 is 23.4 Å². The molecule has 0 spiro atoms. The van der Waals surface area contributed by atoms with Crippen molar-refractivity contribution in [3.05, 3.63) is 88.5 Å². The van der Waals surface area contributed by atoms with E-state index >= 15 is 0 Å². The Balaban J connectivity index is 1.54. The lowest BCUT2D eigenvalue weighted by Crippen LogP contribution is -2.29. The molecule has 0 saturated heterocycles. The topological polar surface area (TPSA) is 90.3 Å². The molecule has 2 N–H and O–H groups in total. The van der Waals surface area contributed by atoms with Gasteiger partial charge in [0.15, 0.2) is 11.0 Å². The number of amides is 2. The number of thioether (sulfide) groups is 1. The number of nitrogens with one attached hydrogen (secondary N) is 2. The number of hydrogen-bond donors (Lipinski definition) is 2. The van der Waals surface area contributed by atoms with Gasteiger partial charge in [0, 0.05) is 16.8 Å². The fraction of sp³-hybridized carbons (Fsp3) is 0.192. The van der Waals surface area contributed by atoms with Crippen LogP contribution in [0.1, 0.15) is 17.0 Å². The van der Waals surface area contributed by atoms with Crippen molar-refractivity contribution in [3.8, 4) is 17.2 Å². The molecule has 11 heteroatoms. The van der Waals surface area contributed by atoms with Gasteiger partial charge in [0.25, 0.3) is 0 Å². The molecule has 1 heterocycles. The number of aryl methyl sites for hydroxylation is 1. The van der Waals surface area contributed by atoms with Crippen molar-refractivity contribution in [2.45, 2.75) is 24.4 Å². The summed E-state index contributed by atoms with van der Waals surface area (Å²) in [6.45, 7) is 2.06. The number of methoxy groups -OCH3 is 2. The van der Waals surface area contributed by atoms with E-state index in [4.69, 9.17) is 21.1 Å². The maximum atomic E-state index is 13.3. The number of hydrogen-bond acceptors (Lipinski definition) is 6. The van der Waals surface area contributed by atoms with E-state index in [0.29, 0.717) is 38.9 Å². The normalized spacial score (nSPS) is 10.7. The zero-order chi connectivity index (χ0) is 26.4. The van der Waals surface area contributed by atoms with Crippen LogP contribution in [0.15, 0.2) is 65.8 Å². The Hall–Kier alpha value is -3.76. The second-order valence-electron chi connectivity index (χ2n) is 7.95. The number of aromatic nitrogens is 3. The van der Waals surface area contributed by atoms with Crippen LogP contribution in [0.2, 0.25) is 5.02 Å². The Morgan fingerprint density at radius 2 is 1.84 bits per heavy atom. The Morgan fingerprint density at radius 3 is 2.57 bits per heavy atom. The highest BCUT2D eigenvalue weighted by Gasteiger charge is 2.18. The molecule has 4 rings (SSSR count). The molecule has 0 aliphatic rings. The maximum absolute atomic E-state index is 13.3. The lowest BCUT2D eigenvalue weighted by molar-refractivity contribution is 0.251. The average molecular weight is 542 g/mol. The highest BCUT2D eigenvalue weighted by atomic mass is 35.5. The van der Waals surface area contributed by atoms with E-state index in [9.17, 15) is 9.18 Å². The van der Waals surface area contributed by atoms with E-state index in [1.165, 1.54) is 31.0 Å². The molecule has 0 aliphatic carbocycles. The molecule has 37 heavy (non-hydrogen) atoms. The van der Waals surface area contributed by atoms with Crippen LogP contribution in [0.4, 0.5) is 14.9 Å². The predicted molar refractivity (Wildman–Crippen MR) is 142 cm³/mol. The molecule has 4 aromatic rings. The maximum Gasteiger partial charge on any atom is 0.319 e. The minimum absolute atomic E-state index is 0.0976. The number of halogens is 2. The lowest BCUT2D eigenvalue weighted by Gasteiger charge is -2.15. The molecule has 0 radical (unpaired) electrons. The van der Waals surface area contributed by atoms with Gasteiger partial charge in [-0.25, -0.2) is 9.18 Å². The zero-order valence-electron chi connectivity index (χ0n) is 20.4. The second kappa shape index (κ2) is 12.0. The number of anilines is 1. The van der Waals surface area contributed by atoms with Crippen LogP contribution < -0.4 is 20.1 Å². The molecule has 0 aliphatic heterocycles. The van der Waals surface area contributed by atoms with Gasteiger partial charge in [-0.05, 0) is 54.4 Å². The van der Waals surface area contributed by atoms with E-state index < -0.39 is 6.03 Å². The molecule has 192 valence electrons. The summed E-state index contributed by atoms with van der Waals surface area (Å²) in [6.07, 6.45) is 0. The van der Waals surface area contributed by atoms with Crippen molar-refractivity contribution in [2.75, 3.05) is 19.5 Å². The summed E-state index contributed by atoms with van der Waals surface area (Å²) in [5.74, 6) is 1.86. The SMILES string of the molecule is COc1ccc(NC(=O)NCc2nnc(SCc3ccc(F)cc3)n2-c2cc(Cl)ccc2C)c(OC)c1. The number of carbonyl (C=O) groups is 1. The van der Waals surface area contributed by atoms with Crippen molar-refractivity contribution in [3.63, 3.8) is 0 Å². The van der Waals surface area contributed by atoms with E-state index in [0.717, 1.165) is 16.8 Å². The number of benzene rings is 3. The first-order valence-corrected chi connectivity index (χ1v) is 12.6. The number of carbonyl (C=O) groups excluding carboxylic acids is 1. The average Bonchev–Trinajstić information content (AvgIpc) is 3.31. The Labute approximate surface area is 223 Å². The van der Waals surface area contributed by atoms with Gasteiger partial charge in [0.05, 0.1) is 32.1 Å². The molecular weight excluding hydrogens is 517 g/mol. The van der Waals surface area contributed by atoms with Gasteiger partial charge in [-0.15, -0.1) is 10.2 Å². The first-order chi connectivity index (χ1) is 17.9. The van der Waals surface area contributed by atoms with Crippen LogP contribution in [0.3, 0.4) is 0 Å². The van der Waals surface area contributed by atoms with Gasteiger partial charge < -0.3 is 20.1 Å². The molecular formula is C26H25ClFN5O3S. The van der Waals surface area contributed by atoms with E-state index in [2.05, 4.69) is 20.8 Å². The number of nitrogens with zero attached hydrogens (tertiary/aromatic N) is 3. The number of urea groups is 1. The Bertz CT molecular complexity index is 1400. The van der Waals surface area contributed by atoms with Crippen LogP contribution in [0, 0.1) is 12.7 Å². The Morgan fingerprint density at radius 1 is 1.05 bits per heavy atom. The molecule has 0 atom stereocenters. The summed E-state index contributed by atoms with van der Waals surface area (Å²) in [5, 5.41) is 15.5. The molecule has 8 nitrogen and oxygen atoms in total. The first-order valence-electron chi connectivity index (χ1n) is 11.2. The Kier molecular flexibility index (Phi) is 8.52. The van der Waals surface area contributed by atoms with Gasteiger partial charge in [-0.3, -0.25) is 4.57 Å².